The third-order valence-corrected chi connectivity index (χ3v) is 1.18. The number of rotatable bonds is 1. The zero-order chi connectivity index (χ0) is 8.43. The lowest BCUT2D eigenvalue weighted by Gasteiger charge is -2.00. The number of halogens is 1. The Morgan fingerprint density at radius 1 is 1.82 bits per heavy atom. The van der Waals surface area contributed by atoms with Crippen molar-refractivity contribution in [2.75, 3.05) is 5.43 Å². The van der Waals surface area contributed by atoms with Crippen LogP contribution < -0.4 is 17.0 Å². The van der Waals surface area contributed by atoms with Gasteiger partial charge in [0.05, 0.1) is 0 Å². The zero-order valence-electron chi connectivity index (χ0n) is 5.84. The van der Waals surface area contributed by atoms with Gasteiger partial charge in [-0.15, -0.1) is 0 Å². The molecule has 0 unspecified atom stereocenters. The fraction of sp³-hybridized carbons (Fsp3) is 0.200. The molecule has 0 aliphatic carbocycles. The Hall–Kier alpha value is -1.43. The molecule has 60 valence electrons. The first kappa shape index (κ1) is 7.67. The molecule has 1 rings (SSSR count). The van der Waals surface area contributed by atoms with Crippen LogP contribution in [0.5, 0.6) is 0 Å². The van der Waals surface area contributed by atoms with E-state index in [1.54, 1.807) is 0 Å². The van der Waals surface area contributed by atoms with Crippen molar-refractivity contribution >= 4 is 5.82 Å². The molecule has 1 heterocycles. The number of nitrogens with two attached hydrogens (primary N) is 1. The monoisotopic (exact) mass is 158 g/mol. The summed E-state index contributed by atoms with van der Waals surface area (Å²) in [4.78, 5) is 14.0. The predicted octanol–water partition coefficient (Wildman–Crippen LogP) is -0.795. The van der Waals surface area contributed by atoms with Gasteiger partial charge in [0.2, 0.25) is 0 Å². The van der Waals surface area contributed by atoms with Gasteiger partial charge in [0.15, 0.2) is 11.6 Å². The van der Waals surface area contributed by atoms with E-state index in [4.69, 9.17) is 5.84 Å². The van der Waals surface area contributed by atoms with E-state index >= 15 is 0 Å². The number of hydrazine groups is 1. The van der Waals surface area contributed by atoms with Crippen LogP contribution in [0.4, 0.5) is 10.2 Å². The van der Waals surface area contributed by atoms with E-state index < -0.39 is 11.5 Å². The number of nitrogen functional groups attached to an aromatic ring is 1. The second kappa shape index (κ2) is 2.67. The largest absolute Gasteiger partial charge is 0.349 e. The molecule has 3 N–H and O–H groups in total. The summed E-state index contributed by atoms with van der Waals surface area (Å²) in [6, 6.07) is 0. The molecule has 5 nitrogen and oxygen atoms in total. The van der Waals surface area contributed by atoms with Crippen molar-refractivity contribution in [1.29, 1.82) is 0 Å². The summed E-state index contributed by atoms with van der Waals surface area (Å²) in [7, 11) is 1.40. The van der Waals surface area contributed by atoms with E-state index in [-0.39, 0.29) is 5.82 Å². The van der Waals surface area contributed by atoms with Gasteiger partial charge in [-0.3, -0.25) is 4.57 Å². The van der Waals surface area contributed by atoms with Crippen molar-refractivity contribution in [2.45, 2.75) is 0 Å². The van der Waals surface area contributed by atoms with Gasteiger partial charge in [-0.25, -0.2) is 15.0 Å². The first-order chi connectivity index (χ1) is 5.15. The lowest BCUT2D eigenvalue weighted by Crippen LogP contribution is -2.24. The summed E-state index contributed by atoms with van der Waals surface area (Å²) in [5, 5.41) is 0. The Bertz CT molecular complexity index is 321. The molecular formula is C5H7FN4O. The Kier molecular flexibility index (Phi) is 1.86. The standard InChI is InChI=1S/C5H7FN4O/c1-10-2-3(6)4(9-7)8-5(10)11/h2H,7H2,1H3,(H,8,9,11). The summed E-state index contributed by atoms with van der Waals surface area (Å²) in [6.45, 7) is 0. The summed E-state index contributed by atoms with van der Waals surface area (Å²) < 4.78 is 13.7. The molecule has 0 amide bonds. The van der Waals surface area contributed by atoms with Crippen LogP contribution in [0.1, 0.15) is 0 Å². The predicted molar refractivity (Wildman–Crippen MR) is 37.2 cm³/mol. The maximum Gasteiger partial charge on any atom is 0.349 e. The minimum atomic E-state index is -0.658. The number of nitrogens with zero attached hydrogens (tertiary/aromatic N) is 2. The summed E-state index contributed by atoms with van der Waals surface area (Å²) in [6.07, 6.45) is 1.00. The first-order valence-corrected chi connectivity index (χ1v) is 2.85. The van der Waals surface area contributed by atoms with Gasteiger partial charge in [-0.05, 0) is 0 Å². The van der Waals surface area contributed by atoms with Crippen LogP contribution in [0.3, 0.4) is 0 Å². The highest BCUT2D eigenvalue weighted by molar-refractivity contribution is 5.31. The SMILES string of the molecule is Cn1cc(F)c(NN)nc1=O. The maximum absolute atomic E-state index is 12.7. The lowest BCUT2D eigenvalue weighted by molar-refractivity contribution is 0.595. The van der Waals surface area contributed by atoms with E-state index in [0.717, 1.165) is 10.8 Å². The molecule has 0 radical (unpaired) electrons. The van der Waals surface area contributed by atoms with Crippen LogP contribution in [0, 0.1) is 5.82 Å². The molecule has 6 heteroatoms. The van der Waals surface area contributed by atoms with E-state index in [0.29, 0.717) is 0 Å². The van der Waals surface area contributed by atoms with Crippen LogP contribution in [0.2, 0.25) is 0 Å². The molecule has 0 aliphatic rings. The molecule has 1 aromatic heterocycles. The van der Waals surface area contributed by atoms with Gasteiger partial charge in [0.1, 0.15) is 0 Å². The Morgan fingerprint density at radius 2 is 2.45 bits per heavy atom. The minimum Gasteiger partial charge on any atom is -0.306 e. The minimum absolute atomic E-state index is 0.242. The zero-order valence-corrected chi connectivity index (χ0v) is 5.84. The van der Waals surface area contributed by atoms with E-state index in [1.165, 1.54) is 7.05 Å². The van der Waals surface area contributed by atoms with Crippen LogP contribution in [0.15, 0.2) is 11.0 Å². The van der Waals surface area contributed by atoms with Gasteiger partial charge in [0, 0.05) is 13.2 Å². The lowest BCUT2D eigenvalue weighted by atomic mass is 10.5. The summed E-state index contributed by atoms with van der Waals surface area (Å²) in [5.74, 6) is 3.97. The maximum atomic E-state index is 12.7. The average Bonchev–Trinajstić information content (AvgIpc) is 1.97. The van der Waals surface area contributed by atoms with Crippen molar-refractivity contribution < 1.29 is 4.39 Å². The normalized spacial score (nSPS) is 9.73. The van der Waals surface area contributed by atoms with E-state index in [1.807, 2.05) is 5.43 Å². The average molecular weight is 158 g/mol. The third-order valence-electron chi connectivity index (χ3n) is 1.18. The summed E-state index contributed by atoms with van der Waals surface area (Å²) in [5.41, 5.74) is 1.41. The smallest absolute Gasteiger partial charge is 0.306 e. The molecule has 0 aromatic carbocycles. The van der Waals surface area contributed by atoms with Gasteiger partial charge in [-0.1, -0.05) is 0 Å². The fourth-order valence-electron chi connectivity index (χ4n) is 0.616. The quantitative estimate of drug-likeness (QED) is 0.414. The molecule has 0 fully saturated rings. The van der Waals surface area contributed by atoms with Crippen molar-refractivity contribution in [3.05, 3.63) is 22.5 Å². The van der Waals surface area contributed by atoms with Gasteiger partial charge < -0.3 is 5.43 Å². The fourth-order valence-corrected chi connectivity index (χ4v) is 0.616. The molecule has 1 aromatic rings. The highest BCUT2D eigenvalue weighted by Gasteiger charge is 2.03. The summed E-state index contributed by atoms with van der Waals surface area (Å²) >= 11 is 0. The number of hydrogen-bond acceptors (Lipinski definition) is 4. The Balaban J connectivity index is 3.32. The molecule has 11 heavy (non-hydrogen) atoms. The van der Waals surface area contributed by atoms with Gasteiger partial charge in [-0.2, -0.15) is 4.98 Å². The van der Waals surface area contributed by atoms with Crippen molar-refractivity contribution in [3.63, 3.8) is 0 Å². The third kappa shape index (κ3) is 1.35. The van der Waals surface area contributed by atoms with E-state index in [9.17, 15) is 9.18 Å². The van der Waals surface area contributed by atoms with E-state index in [2.05, 4.69) is 4.98 Å². The number of nitrogens with one attached hydrogen (secondary N) is 1. The van der Waals surface area contributed by atoms with Crippen LogP contribution >= 0.6 is 0 Å². The van der Waals surface area contributed by atoms with Crippen molar-refractivity contribution in [3.8, 4) is 0 Å². The number of hydrogen-bond donors (Lipinski definition) is 2. The molecule has 0 saturated heterocycles. The topological polar surface area (TPSA) is 72.9 Å². The number of aryl methyl sites for hydroxylation is 1. The first-order valence-electron chi connectivity index (χ1n) is 2.85. The number of aromatic nitrogens is 2. The molecule has 0 bridgehead atoms. The second-order valence-corrected chi connectivity index (χ2v) is 1.98. The Morgan fingerprint density at radius 3 is 3.00 bits per heavy atom. The highest BCUT2D eigenvalue weighted by Crippen LogP contribution is 2.02. The molecular weight excluding hydrogens is 151 g/mol. The number of anilines is 1. The second-order valence-electron chi connectivity index (χ2n) is 1.98. The van der Waals surface area contributed by atoms with Gasteiger partial charge >= 0.3 is 5.69 Å². The highest BCUT2D eigenvalue weighted by atomic mass is 19.1. The molecule has 0 saturated carbocycles. The van der Waals surface area contributed by atoms with Crippen LogP contribution in [-0.4, -0.2) is 9.55 Å². The van der Waals surface area contributed by atoms with Crippen LogP contribution in [-0.2, 0) is 7.05 Å². The van der Waals surface area contributed by atoms with Crippen molar-refractivity contribution in [2.24, 2.45) is 12.9 Å². The molecule has 0 atom stereocenters. The molecule has 0 aliphatic heterocycles. The van der Waals surface area contributed by atoms with Crippen LogP contribution in [0.25, 0.3) is 0 Å². The Labute approximate surface area is 61.6 Å². The molecule has 0 spiro atoms. The van der Waals surface area contributed by atoms with Gasteiger partial charge in [0.25, 0.3) is 0 Å². The van der Waals surface area contributed by atoms with Crippen molar-refractivity contribution in [1.82, 2.24) is 9.55 Å².